The Kier molecular flexibility index (Phi) is 3.69. The molecule has 1 aromatic carbocycles. The Morgan fingerprint density at radius 3 is 2.83 bits per heavy atom. The molecule has 1 heterocycles. The van der Waals surface area contributed by atoms with Crippen LogP contribution >= 0.6 is 22.6 Å². The number of amides is 1. The van der Waals surface area contributed by atoms with E-state index in [1.54, 1.807) is 6.07 Å². The Balaban J connectivity index is 2.06. The minimum atomic E-state index is -4.86. The average Bonchev–Trinajstić information content (AvgIpc) is 2.27. The standard InChI is InChI=1S/C11H9F3INO2/c12-11(13,14)10(17)16-8-4-6-3-7(15)1-2-9(6)18-5-8/h1-3,8H,4-5H2,(H,16,17). The number of nitrogens with one attached hydrogen (secondary N) is 1. The quantitative estimate of drug-likeness (QED) is 0.770. The molecule has 98 valence electrons. The number of carbonyl (C=O) groups excluding carboxylic acids is 1. The molecule has 0 aliphatic carbocycles. The number of halogens is 4. The minimum Gasteiger partial charge on any atom is -0.491 e. The van der Waals surface area contributed by atoms with Gasteiger partial charge in [0, 0.05) is 3.57 Å². The molecular weight excluding hydrogens is 362 g/mol. The first-order valence-electron chi connectivity index (χ1n) is 5.15. The predicted molar refractivity (Wildman–Crippen MR) is 66.3 cm³/mol. The van der Waals surface area contributed by atoms with Crippen molar-refractivity contribution in [3.63, 3.8) is 0 Å². The Morgan fingerprint density at radius 1 is 1.44 bits per heavy atom. The van der Waals surface area contributed by atoms with E-state index in [0.29, 0.717) is 12.2 Å². The number of benzene rings is 1. The zero-order chi connectivity index (χ0) is 13.3. The van der Waals surface area contributed by atoms with E-state index >= 15 is 0 Å². The van der Waals surface area contributed by atoms with Crippen LogP contribution < -0.4 is 10.1 Å². The highest BCUT2D eigenvalue weighted by Crippen LogP contribution is 2.26. The van der Waals surface area contributed by atoms with Gasteiger partial charge in [-0.2, -0.15) is 13.2 Å². The molecule has 1 aliphatic heterocycles. The van der Waals surface area contributed by atoms with Crippen LogP contribution in [0.3, 0.4) is 0 Å². The first-order valence-corrected chi connectivity index (χ1v) is 6.23. The van der Waals surface area contributed by atoms with Crippen LogP contribution in [0.4, 0.5) is 13.2 Å². The monoisotopic (exact) mass is 371 g/mol. The molecule has 1 unspecified atom stereocenters. The van der Waals surface area contributed by atoms with Crippen LogP contribution in [0, 0.1) is 3.57 Å². The molecule has 0 aromatic heterocycles. The summed E-state index contributed by atoms with van der Waals surface area (Å²) in [6.07, 6.45) is -4.51. The van der Waals surface area contributed by atoms with E-state index < -0.39 is 18.1 Å². The van der Waals surface area contributed by atoms with Crippen molar-refractivity contribution in [2.45, 2.75) is 18.6 Å². The summed E-state index contributed by atoms with van der Waals surface area (Å²) in [5, 5.41) is 1.93. The molecule has 0 saturated carbocycles. The number of ether oxygens (including phenoxy) is 1. The second-order valence-corrected chi connectivity index (χ2v) is 5.18. The molecule has 1 aliphatic rings. The van der Waals surface area contributed by atoms with Crippen molar-refractivity contribution in [2.75, 3.05) is 6.61 Å². The van der Waals surface area contributed by atoms with E-state index in [9.17, 15) is 18.0 Å². The van der Waals surface area contributed by atoms with Crippen molar-refractivity contribution in [1.82, 2.24) is 5.32 Å². The van der Waals surface area contributed by atoms with Gasteiger partial charge in [0.25, 0.3) is 0 Å². The summed E-state index contributed by atoms with van der Waals surface area (Å²) < 4.78 is 42.6. The van der Waals surface area contributed by atoms with Crippen LogP contribution in [0.15, 0.2) is 18.2 Å². The van der Waals surface area contributed by atoms with Crippen LogP contribution in [-0.2, 0) is 11.2 Å². The maximum Gasteiger partial charge on any atom is 0.471 e. The molecule has 0 bridgehead atoms. The molecule has 3 nitrogen and oxygen atoms in total. The van der Waals surface area contributed by atoms with Gasteiger partial charge in [-0.3, -0.25) is 4.79 Å². The molecule has 0 fully saturated rings. The van der Waals surface area contributed by atoms with Gasteiger partial charge >= 0.3 is 12.1 Å². The fourth-order valence-corrected chi connectivity index (χ4v) is 2.28. The minimum absolute atomic E-state index is 0.0510. The highest BCUT2D eigenvalue weighted by molar-refractivity contribution is 14.1. The average molecular weight is 371 g/mol. The van der Waals surface area contributed by atoms with Crippen LogP contribution in [0.2, 0.25) is 0 Å². The summed E-state index contributed by atoms with van der Waals surface area (Å²) in [5.74, 6) is -1.27. The van der Waals surface area contributed by atoms with Gasteiger partial charge in [-0.1, -0.05) is 0 Å². The van der Waals surface area contributed by atoms with Gasteiger partial charge < -0.3 is 10.1 Å². The van der Waals surface area contributed by atoms with Crippen LogP contribution in [0.1, 0.15) is 5.56 Å². The summed E-state index contributed by atoms with van der Waals surface area (Å²) >= 11 is 2.11. The third-order valence-corrected chi connectivity index (χ3v) is 3.19. The first kappa shape index (κ1) is 13.4. The zero-order valence-corrected chi connectivity index (χ0v) is 11.2. The third-order valence-electron chi connectivity index (χ3n) is 2.52. The molecule has 0 saturated heterocycles. The van der Waals surface area contributed by atoms with Crippen molar-refractivity contribution in [3.05, 3.63) is 27.3 Å². The van der Waals surface area contributed by atoms with Gasteiger partial charge in [0.2, 0.25) is 0 Å². The van der Waals surface area contributed by atoms with Crippen molar-refractivity contribution < 1.29 is 22.7 Å². The lowest BCUT2D eigenvalue weighted by molar-refractivity contribution is -0.174. The lowest BCUT2D eigenvalue weighted by atomic mass is 10.0. The van der Waals surface area contributed by atoms with E-state index in [0.717, 1.165) is 9.13 Å². The summed E-state index contributed by atoms with van der Waals surface area (Å²) in [6, 6.07) is 4.82. The first-order chi connectivity index (χ1) is 8.36. The number of alkyl halides is 3. The van der Waals surface area contributed by atoms with Crippen molar-refractivity contribution >= 4 is 28.5 Å². The maximum atomic E-state index is 12.1. The smallest absolute Gasteiger partial charge is 0.471 e. The summed E-state index contributed by atoms with van der Waals surface area (Å²) in [5.41, 5.74) is 0.806. The van der Waals surface area contributed by atoms with Crippen molar-refractivity contribution in [2.24, 2.45) is 0 Å². The number of fused-ring (bicyclic) bond motifs is 1. The maximum absolute atomic E-state index is 12.1. The van der Waals surface area contributed by atoms with Crippen LogP contribution in [-0.4, -0.2) is 24.7 Å². The van der Waals surface area contributed by atoms with E-state index in [2.05, 4.69) is 22.6 Å². The molecule has 18 heavy (non-hydrogen) atoms. The Morgan fingerprint density at radius 2 is 2.17 bits per heavy atom. The van der Waals surface area contributed by atoms with Gasteiger partial charge in [-0.15, -0.1) is 0 Å². The highest BCUT2D eigenvalue weighted by Gasteiger charge is 2.40. The lowest BCUT2D eigenvalue weighted by Crippen LogP contribution is -2.48. The van der Waals surface area contributed by atoms with Crippen LogP contribution in [0.5, 0.6) is 5.75 Å². The summed E-state index contributed by atoms with van der Waals surface area (Å²) in [7, 11) is 0. The van der Waals surface area contributed by atoms with Crippen molar-refractivity contribution in [1.29, 1.82) is 0 Å². The van der Waals surface area contributed by atoms with E-state index in [-0.39, 0.29) is 6.61 Å². The SMILES string of the molecule is O=C(NC1COc2ccc(I)cc2C1)C(F)(F)F. The number of hydrogen-bond donors (Lipinski definition) is 1. The third kappa shape index (κ3) is 3.06. The molecule has 0 radical (unpaired) electrons. The van der Waals surface area contributed by atoms with E-state index in [4.69, 9.17) is 4.74 Å². The molecule has 1 amide bonds. The Bertz CT molecular complexity index is 476. The fourth-order valence-electron chi connectivity index (χ4n) is 1.72. The molecule has 0 spiro atoms. The molecule has 1 aromatic rings. The zero-order valence-electron chi connectivity index (χ0n) is 9.05. The molecular formula is C11H9F3INO2. The highest BCUT2D eigenvalue weighted by atomic mass is 127. The van der Waals surface area contributed by atoms with E-state index in [1.807, 2.05) is 17.4 Å². The fraction of sp³-hybridized carbons (Fsp3) is 0.364. The number of rotatable bonds is 1. The van der Waals surface area contributed by atoms with E-state index in [1.165, 1.54) is 0 Å². The Labute approximate surface area is 115 Å². The van der Waals surface area contributed by atoms with Crippen LogP contribution in [0.25, 0.3) is 0 Å². The summed E-state index contributed by atoms with van der Waals surface area (Å²) in [6.45, 7) is 0.0510. The topological polar surface area (TPSA) is 38.3 Å². The Hall–Kier alpha value is -0.990. The van der Waals surface area contributed by atoms with Crippen molar-refractivity contribution in [3.8, 4) is 5.75 Å². The number of hydrogen-bond acceptors (Lipinski definition) is 2. The molecule has 2 rings (SSSR count). The second kappa shape index (κ2) is 4.94. The van der Waals surface area contributed by atoms with Gasteiger partial charge in [0.15, 0.2) is 0 Å². The second-order valence-electron chi connectivity index (χ2n) is 3.94. The van der Waals surface area contributed by atoms with Gasteiger partial charge in [0.05, 0.1) is 6.04 Å². The lowest BCUT2D eigenvalue weighted by Gasteiger charge is -2.26. The largest absolute Gasteiger partial charge is 0.491 e. The molecule has 1 N–H and O–H groups in total. The van der Waals surface area contributed by atoms with Gasteiger partial charge in [-0.05, 0) is 52.8 Å². The molecule has 7 heteroatoms. The normalized spacial score (nSPS) is 18.8. The predicted octanol–water partition coefficient (Wildman–Crippen LogP) is 2.27. The summed E-state index contributed by atoms with van der Waals surface area (Å²) in [4.78, 5) is 10.8. The van der Waals surface area contributed by atoms with Gasteiger partial charge in [0.1, 0.15) is 12.4 Å². The molecule has 1 atom stereocenters. The number of carbonyl (C=O) groups is 1. The van der Waals surface area contributed by atoms with Gasteiger partial charge in [-0.25, -0.2) is 0 Å².